The van der Waals surface area contributed by atoms with E-state index < -0.39 is 36.9 Å². The van der Waals surface area contributed by atoms with Crippen LogP contribution in [0.2, 0.25) is 0 Å². The van der Waals surface area contributed by atoms with Gasteiger partial charge in [0.15, 0.2) is 12.2 Å². The summed E-state index contributed by atoms with van der Waals surface area (Å²) in [4.78, 5) is 9.40. The predicted octanol–water partition coefficient (Wildman–Crippen LogP) is -4.57. The molecule has 11 nitrogen and oxygen atoms in total. The Kier molecular flexibility index (Phi) is 3.04. The maximum absolute atomic E-state index is 10.1. The lowest BCUT2D eigenvalue weighted by Crippen LogP contribution is -2.62. The van der Waals surface area contributed by atoms with E-state index in [-0.39, 0.29) is 17.5 Å². The van der Waals surface area contributed by atoms with Crippen molar-refractivity contribution in [1.29, 1.82) is 0 Å². The monoisotopic (exact) mass is 299 g/mol. The Morgan fingerprint density at radius 3 is 2.71 bits per heavy atom. The lowest BCUT2D eigenvalue weighted by atomic mass is 10.1. The fourth-order valence-corrected chi connectivity index (χ4v) is 2.58. The third-order valence-electron chi connectivity index (χ3n) is 3.65. The second kappa shape index (κ2) is 4.54. The van der Waals surface area contributed by atoms with Gasteiger partial charge in [0, 0.05) is 0 Å². The molecule has 0 aromatic rings. The Balaban J connectivity index is 1.94. The van der Waals surface area contributed by atoms with Gasteiger partial charge in [0.2, 0.25) is 5.79 Å². The van der Waals surface area contributed by atoms with Crippen LogP contribution in [-0.2, 0) is 4.74 Å². The third kappa shape index (κ3) is 1.86. The zero-order valence-electron chi connectivity index (χ0n) is 10.9. The maximum atomic E-state index is 10.1. The standard InChI is InChI=1S/C10H17N7O4/c11-7-6-10(13,16-9(12)15-7)17(2-14-6)8-5(20)4(19)3(1-18)21-8/h2-5,8,18-20H,1,11,13H2,(H3,12,15,16)/t3-,4-,5-,8-,10?/m1/s1. The van der Waals surface area contributed by atoms with Crippen LogP contribution in [0.3, 0.4) is 0 Å². The molecule has 1 saturated heterocycles. The van der Waals surface area contributed by atoms with Crippen LogP contribution < -0.4 is 22.5 Å². The Bertz CT molecular complexity index is 550. The molecule has 1 fully saturated rings. The molecule has 0 amide bonds. The van der Waals surface area contributed by atoms with Gasteiger partial charge in [-0.3, -0.25) is 10.6 Å². The van der Waals surface area contributed by atoms with Gasteiger partial charge in [-0.05, 0) is 0 Å². The highest BCUT2D eigenvalue weighted by Crippen LogP contribution is 2.35. The number of nitrogens with one attached hydrogen (secondary N) is 1. The van der Waals surface area contributed by atoms with Crippen LogP contribution in [0.15, 0.2) is 21.5 Å². The van der Waals surface area contributed by atoms with E-state index in [1.807, 2.05) is 0 Å². The van der Waals surface area contributed by atoms with Gasteiger partial charge in [-0.15, -0.1) is 0 Å². The number of rotatable bonds is 2. The van der Waals surface area contributed by atoms with E-state index in [1.54, 1.807) is 0 Å². The molecule has 1 unspecified atom stereocenters. The molecule has 0 aromatic heterocycles. The van der Waals surface area contributed by atoms with E-state index in [4.69, 9.17) is 27.0 Å². The second-order valence-electron chi connectivity index (χ2n) is 4.99. The number of ether oxygens (including phenoxy) is 1. The average molecular weight is 299 g/mol. The number of hydrogen-bond acceptors (Lipinski definition) is 11. The van der Waals surface area contributed by atoms with Crippen molar-refractivity contribution >= 4 is 12.3 Å². The Morgan fingerprint density at radius 1 is 1.38 bits per heavy atom. The number of fused-ring (bicyclic) bond motifs is 1. The normalized spacial score (nSPS) is 42.1. The second-order valence-corrected chi connectivity index (χ2v) is 4.99. The van der Waals surface area contributed by atoms with E-state index in [2.05, 4.69) is 15.3 Å². The summed E-state index contributed by atoms with van der Waals surface area (Å²) in [6.45, 7) is -0.449. The minimum Gasteiger partial charge on any atom is -0.394 e. The number of aliphatic imine (C=N–C) groups is 2. The first kappa shape index (κ1) is 14.0. The SMILES string of the molecule is NC1=NC2(N)C(=C(N)N1)N=CN2[C@@H]1O[C@H](CO)[C@@H](O)[C@H]1O. The topological polar surface area (TPSA) is 188 Å². The van der Waals surface area contributed by atoms with Crippen LogP contribution in [0.5, 0.6) is 0 Å². The zero-order chi connectivity index (χ0) is 15.4. The van der Waals surface area contributed by atoms with Crippen molar-refractivity contribution in [3.63, 3.8) is 0 Å². The van der Waals surface area contributed by atoms with Crippen LogP contribution in [0.1, 0.15) is 0 Å². The number of guanidine groups is 1. The van der Waals surface area contributed by atoms with Crippen molar-refractivity contribution in [2.24, 2.45) is 27.2 Å². The highest BCUT2D eigenvalue weighted by Gasteiger charge is 2.54. The Labute approximate surface area is 119 Å². The number of aliphatic hydroxyl groups excluding tert-OH is 3. The molecule has 0 saturated carbocycles. The molecule has 3 rings (SSSR count). The first-order valence-electron chi connectivity index (χ1n) is 6.25. The first-order valence-corrected chi connectivity index (χ1v) is 6.25. The van der Waals surface area contributed by atoms with Crippen LogP contribution in [0.25, 0.3) is 0 Å². The summed E-state index contributed by atoms with van der Waals surface area (Å²) < 4.78 is 5.41. The summed E-state index contributed by atoms with van der Waals surface area (Å²) in [6, 6.07) is 0. The number of aliphatic hydroxyl groups is 3. The molecule has 0 aliphatic carbocycles. The minimum atomic E-state index is -1.55. The van der Waals surface area contributed by atoms with Crippen LogP contribution in [0, 0.1) is 0 Å². The van der Waals surface area contributed by atoms with E-state index in [0.29, 0.717) is 0 Å². The third-order valence-corrected chi connectivity index (χ3v) is 3.65. The lowest BCUT2D eigenvalue weighted by molar-refractivity contribution is -0.0905. The summed E-state index contributed by atoms with van der Waals surface area (Å²) in [5.74, 6) is -1.42. The van der Waals surface area contributed by atoms with Crippen molar-refractivity contribution < 1.29 is 20.1 Å². The van der Waals surface area contributed by atoms with E-state index in [0.717, 1.165) is 0 Å². The number of nitrogens with zero attached hydrogens (tertiary/aromatic N) is 3. The molecule has 0 aromatic carbocycles. The number of hydrogen-bond donors (Lipinski definition) is 7. The predicted molar refractivity (Wildman–Crippen MR) is 71.0 cm³/mol. The minimum absolute atomic E-state index is 0.0130. The van der Waals surface area contributed by atoms with Crippen molar-refractivity contribution in [1.82, 2.24) is 10.2 Å². The highest BCUT2D eigenvalue weighted by molar-refractivity contribution is 5.83. The Hall–Kier alpha value is -1.92. The molecule has 3 aliphatic heterocycles. The smallest absolute Gasteiger partial charge is 0.239 e. The van der Waals surface area contributed by atoms with Crippen molar-refractivity contribution in [3.05, 3.63) is 11.5 Å². The molecule has 116 valence electrons. The lowest BCUT2D eigenvalue weighted by Gasteiger charge is -2.38. The Morgan fingerprint density at radius 2 is 2.10 bits per heavy atom. The number of nitrogens with two attached hydrogens (primary N) is 3. The fraction of sp³-hybridized carbons (Fsp3) is 0.600. The van der Waals surface area contributed by atoms with Crippen LogP contribution >= 0.6 is 0 Å². The van der Waals surface area contributed by atoms with Crippen molar-refractivity contribution in [2.45, 2.75) is 30.3 Å². The highest BCUT2D eigenvalue weighted by atomic mass is 16.6. The van der Waals surface area contributed by atoms with Gasteiger partial charge in [-0.2, -0.15) is 0 Å². The van der Waals surface area contributed by atoms with Gasteiger partial charge in [0.1, 0.15) is 29.8 Å². The molecule has 21 heavy (non-hydrogen) atoms. The summed E-state index contributed by atoms with van der Waals surface area (Å²) in [5, 5.41) is 31.6. The molecule has 5 atom stereocenters. The molecular weight excluding hydrogens is 282 g/mol. The summed E-state index contributed by atoms with van der Waals surface area (Å²) >= 11 is 0. The molecule has 0 radical (unpaired) electrons. The van der Waals surface area contributed by atoms with Gasteiger partial charge in [0.05, 0.1) is 12.9 Å². The first-order chi connectivity index (χ1) is 9.88. The zero-order valence-corrected chi connectivity index (χ0v) is 10.9. The van der Waals surface area contributed by atoms with Gasteiger partial charge < -0.3 is 36.8 Å². The van der Waals surface area contributed by atoms with Crippen molar-refractivity contribution in [3.8, 4) is 0 Å². The van der Waals surface area contributed by atoms with Gasteiger partial charge in [0.25, 0.3) is 0 Å². The summed E-state index contributed by atoms with van der Waals surface area (Å²) in [7, 11) is 0. The fourth-order valence-electron chi connectivity index (χ4n) is 2.58. The van der Waals surface area contributed by atoms with Crippen LogP contribution in [-0.4, -0.2) is 69.5 Å². The molecule has 0 bridgehead atoms. The molecule has 3 aliphatic rings. The van der Waals surface area contributed by atoms with Gasteiger partial charge in [-0.1, -0.05) is 0 Å². The molecule has 11 heteroatoms. The quantitative estimate of drug-likeness (QED) is 0.263. The molecule has 0 spiro atoms. The molecule has 3 heterocycles. The van der Waals surface area contributed by atoms with Crippen molar-refractivity contribution in [2.75, 3.05) is 6.61 Å². The van der Waals surface area contributed by atoms with E-state index >= 15 is 0 Å². The average Bonchev–Trinajstić information content (AvgIpc) is 2.88. The van der Waals surface area contributed by atoms with Gasteiger partial charge >= 0.3 is 0 Å². The van der Waals surface area contributed by atoms with Gasteiger partial charge in [-0.25, -0.2) is 9.98 Å². The maximum Gasteiger partial charge on any atom is 0.239 e. The molecule has 10 N–H and O–H groups in total. The summed E-state index contributed by atoms with van der Waals surface area (Å²) in [6.07, 6.45) is -3.25. The molecular formula is C10H17N7O4. The largest absolute Gasteiger partial charge is 0.394 e. The summed E-state index contributed by atoms with van der Waals surface area (Å²) in [5.41, 5.74) is 17.8. The van der Waals surface area contributed by atoms with Crippen LogP contribution in [0.4, 0.5) is 0 Å². The van der Waals surface area contributed by atoms with E-state index in [1.165, 1.54) is 11.2 Å². The van der Waals surface area contributed by atoms with E-state index in [9.17, 15) is 10.2 Å².